The molecule has 2 aliphatic heterocycles. The summed E-state index contributed by atoms with van der Waals surface area (Å²) in [5, 5.41) is 3.56. The molecule has 1 spiro atoms. The van der Waals surface area contributed by atoms with Gasteiger partial charge in [0.05, 0.1) is 22.7 Å². The molecule has 2 N–H and O–H groups in total. The first kappa shape index (κ1) is 34.6. The molecule has 2 aromatic carbocycles. The van der Waals surface area contributed by atoms with Crippen LogP contribution in [-0.2, 0) is 31.4 Å². The van der Waals surface area contributed by atoms with Gasteiger partial charge in [-0.05, 0) is 120 Å². The number of amides is 2. The normalized spacial score (nSPS) is 28.3. The largest absolute Gasteiger partial charge is 0.490 e. The molecule has 0 saturated heterocycles. The van der Waals surface area contributed by atoms with E-state index < -0.39 is 33.7 Å². The summed E-state index contributed by atoms with van der Waals surface area (Å²) >= 11 is 6.43. The van der Waals surface area contributed by atoms with Gasteiger partial charge in [-0.1, -0.05) is 23.7 Å². The maximum absolute atomic E-state index is 13.7. The van der Waals surface area contributed by atoms with Crippen molar-refractivity contribution < 1.29 is 27.5 Å². The second-order valence-corrected chi connectivity index (χ2v) is 16.8. The Kier molecular flexibility index (Phi) is 9.52. The second-order valence-electron chi connectivity index (χ2n) is 14.7. The Balaban J connectivity index is 1.44. The molecule has 12 heteroatoms. The van der Waals surface area contributed by atoms with Gasteiger partial charge in [-0.15, -0.1) is 0 Å². The summed E-state index contributed by atoms with van der Waals surface area (Å²) in [6, 6.07) is 10.9. The van der Waals surface area contributed by atoms with E-state index in [0.29, 0.717) is 42.7 Å². The van der Waals surface area contributed by atoms with E-state index in [1.54, 1.807) is 37.9 Å². The highest BCUT2D eigenvalue weighted by molar-refractivity contribution is 7.90. The Morgan fingerprint density at radius 3 is 2.69 bits per heavy atom. The Hall–Kier alpha value is -3.28. The van der Waals surface area contributed by atoms with Crippen LogP contribution in [0.4, 0.5) is 10.5 Å². The fourth-order valence-electron chi connectivity index (χ4n) is 7.52. The molecule has 10 nitrogen and oxygen atoms in total. The molecule has 260 valence electrons. The predicted molar refractivity (Wildman–Crippen MR) is 186 cm³/mol. The highest BCUT2D eigenvalue weighted by atomic mass is 35.5. The number of hydrogen-bond acceptors (Lipinski definition) is 8. The van der Waals surface area contributed by atoms with Crippen molar-refractivity contribution in [2.45, 2.75) is 87.8 Å². The number of halogens is 1. The van der Waals surface area contributed by atoms with Gasteiger partial charge in [0, 0.05) is 42.0 Å². The maximum Gasteiger partial charge on any atom is 0.407 e. The highest BCUT2D eigenvalue weighted by Crippen LogP contribution is 2.47. The number of nitrogens with one attached hydrogen (secondary N) is 2. The van der Waals surface area contributed by atoms with E-state index in [1.165, 1.54) is 17.2 Å². The topological polar surface area (TPSA) is 117 Å². The van der Waals surface area contributed by atoms with E-state index >= 15 is 0 Å². The number of nitrogens with zero attached hydrogens (tertiary/aromatic N) is 2. The first-order valence-electron chi connectivity index (χ1n) is 16.9. The number of rotatable bonds is 2. The van der Waals surface area contributed by atoms with E-state index in [-0.39, 0.29) is 28.2 Å². The van der Waals surface area contributed by atoms with Crippen molar-refractivity contribution in [2.75, 3.05) is 38.2 Å². The Morgan fingerprint density at radius 1 is 1.17 bits per heavy atom. The van der Waals surface area contributed by atoms with Gasteiger partial charge in [-0.25, -0.2) is 17.9 Å². The van der Waals surface area contributed by atoms with Crippen LogP contribution in [0.25, 0.3) is 0 Å². The summed E-state index contributed by atoms with van der Waals surface area (Å²) in [4.78, 5) is 30.4. The molecule has 2 amide bonds. The molecule has 2 bridgehead atoms. The monoisotopic (exact) mass is 698 g/mol. The van der Waals surface area contributed by atoms with Crippen molar-refractivity contribution >= 4 is 39.3 Å². The number of carbonyl (C=O) groups is 2. The van der Waals surface area contributed by atoms with Crippen LogP contribution in [0.5, 0.6) is 5.75 Å². The minimum absolute atomic E-state index is 0.00264. The molecule has 1 saturated carbocycles. The Labute approximate surface area is 289 Å². The number of ether oxygens (including phenoxy) is 2. The number of anilines is 1. The molecule has 0 radical (unpaired) electrons. The van der Waals surface area contributed by atoms with Gasteiger partial charge < -0.3 is 19.7 Å². The molecular formula is C36H47ClN4O6S. The van der Waals surface area contributed by atoms with Gasteiger partial charge in [-0.3, -0.25) is 9.69 Å². The van der Waals surface area contributed by atoms with Crippen molar-refractivity contribution in [1.29, 1.82) is 0 Å². The van der Waals surface area contributed by atoms with Crippen molar-refractivity contribution in [3.8, 4) is 5.75 Å². The fourth-order valence-corrected chi connectivity index (χ4v) is 8.84. The zero-order valence-corrected chi connectivity index (χ0v) is 30.0. The Bertz CT molecular complexity index is 1710. The minimum atomic E-state index is -4.20. The van der Waals surface area contributed by atoms with Crippen LogP contribution in [0.3, 0.4) is 0 Å². The van der Waals surface area contributed by atoms with Crippen molar-refractivity contribution in [3.63, 3.8) is 0 Å². The molecule has 6 rings (SSSR count). The minimum Gasteiger partial charge on any atom is -0.490 e. The molecule has 48 heavy (non-hydrogen) atoms. The van der Waals surface area contributed by atoms with Gasteiger partial charge in [0.2, 0.25) is 0 Å². The molecule has 2 heterocycles. The van der Waals surface area contributed by atoms with E-state index in [4.69, 9.17) is 21.1 Å². The number of fused-ring (bicyclic) bond motifs is 4. The maximum atomic E-state index is 13.7. The van der Waals surface area contributed by atoms with E-state index in [1.807, 2.05) is 32.1 Å². The molecule has 1 fully saturated rings. The van der Waals surface area contributed by atoms with E-state index in [0.717, 1.165) is 32.1 Å². The zero-order valence-electron chi connectivity index (χ0n) is 28.4. The lowest BCUT2D eigenvalue weighted by Crippen LogP contribution is -2.54. The number of benzene rings is 2. The van der Waals surface area contributed by atoms with Gasteiger partial charge in [0.1, 0.15) is 11.9 Å². The molecule has 0 unspecified atom stereocenters. The summed E-state index contributed by atoms with van der Waals surface area (Å²) in [5.41, 5.74) is 1.59. The SMILES string of the molecule is CC(C)NC(=O)O[C@H]1C=CCN(C)C(C)(C)C(=O)NS(=O)(=O)c2ccc3c(c2)N(C[C@@H]2CC[C@H]21)C[C@@]1(CCCc2cc(Cl)ccc21)CO3. The lowest BCUT2D eigenvalue weighted by atomic mass is 9.68. The number of sulfonamides is 1. The zero-order chi connectivity index (χ0) is 34.4. The molecular weight excluding hydrogens is 652 g/mol. The predicted octanol–water partition coefficient (Wildman–Crippen LogP) is 5.43. The number of hydrogen-bond donors (Lipinski definition) is 2. The second kappa shape index (κ2) is 13.2. The van der Waals surface area contributed by atoms with Gasteiger partial charge in [-0.2, -0.15) is 0 Å². The molecule has 2 aromatic rings. The van der Waals surface area contributed by atoms with Crippen LogP contribution in [0.1, 0.15) is 64.5 Å². The van der Waals surface area contributed by atoms with Crippen LogP contribution in [0.2, 0.25) is 5.02 Å². The van der Waals surface area contributed by atoms with Crippen LogP contribution in [-0.4, -0.2) is 76.3 Å². The summed E-state index contributed by atoms with van der Waals surface area (Å²) in [6.07, 6.45) is 7.54. The number of alkyl carbamates (subject to hydrolysis) is 1. The summed E-state index contributed by atoms with van der Waals surface area (Å²) in [7, 11) is -2.44. The van der Waals surface area contributed by atoms with Gasteiger partial charge in [0.15, 0.2) is 0 Å². The molecule has 2 aliphatic carbocycles. The smallest absolute Gasteiger partial charge is 0.407 e. The highest BCUT2D eigenvalue weighted by Gasteiger charge is 2.45. The number of aryl methyl sites for hydroxylation is 1. The first-order valence-corrected chi connectivity index (χ1v) is 18.8. The van der Waals surface area contributed by atoms with Crippen LogP contribution >= 0.6 is 11.6 Å². The van der Waals surface area contributed by atoms with Crippen molar-refractivity contribution in [1.82, 2.24) is 14.9 Å². The lowest BCUT2D eigenvalue weighted by Gasteiger charge is -2.46. The number of carbonyl (C=O) groups excluding carboxylic acids is 2. The molecule has 0 aromatic heterocycles. The summed E-state index contributed by atoms with van der Waals surface area (Å²) in [6.45, 7) is 9.17. The summed E-state index contributed by atoms with van der Waals surface area (Å²) < 4.78 is 42.4. The van der Waals surface area contributed by atoms with Crippen LogP contribution < -0.4 is 19.7 Å². The average molecular weight is 699 g/mol. The third-order valence-electron chi connectivity index (χ3n) is 10.8. The van der Waals surface area contributed by atoms with Crippen molar-refractivity contribution in [2.24, 2.45) is 11.8 Å². The van der Waals surface area contributed by atoms with Crippen LogP contribution in [0.15, 0.2) is 53.4 Å². The van der Waals surface area contributed by atoms with Gasteiger partial charge >= 0.3 is 6.09 Å². The van der Waals surface area contributed by atoms with Crippen LogP contribution in [0, 0.1) is 11.8 Å². The average Bonchev–Trinajstić information content (AvgIpc) is 3.14. The fraction of sp³-hybridized carbons (Fsp3) is 0.556. The van der Waals surface area contributed by atoms with Gasteiger partial charge in [0.25, 0.3) is 15.9 Å². The Morgan fingerprint density at radius 2 is 1.96 bits per heavy atom. The summed E-state index contributed by atoms with van der Waals surface area (Å²) in [5.74, 6) is 0.180. The van der Waals surface area contributed by atoms with E-state index in [9.17, 15) is 18.0 Å². The number of likely N-dealkylation sites (N-methyl/N-ethyl adjacent to an activating group) is 1. The molecule has 4 aliphatic rings. The van der Waals surface area contributed by atoms with E-state index in [2.05, 4.69) is 27.1 Å². The standard InChI is InChI=1S/C36H47ClN4O6S/c1-23(2)38-34(43)47-31-9-7-17-40(5)35(3,4)33(42)39-48(44,45)27-12-15-32-30(19-27)41(20-25-10-13-28(25)31)21-36(22-46-32)16-6-8-24-18-26(37)11-14-29(24)36/h7,9,11-12,14-15,18-19,23,25,28,31H,6,8,10,13,16-17,20-22H2,1-5H3,(H,38,43)(H,39,42)/t25-,28+,31-,36-/m0/s1. The van der Waals surface area contributed by atoms with Crippen molar-refractivity contribution in [3.05, 3.63) is 64.7 Å². The molecule has 4 atom stereocenters. The quantitative estimate of drug-likeness (QED) is 0.399. The first-order chi connectivity index (χ1) is 22.7. The third kappa shape index (κ3) is 6.78. The lowest BCUT2D eigenvalue weighted by molar-refractivity contribution is -0.128. The third-order valence-corrected chi connectivity index (χ3v) is 12.3.